The van der Waals surface area contributed by atoms with Crippen LogP contribution < -0.4 is 5.32 Å². The van der Waals surface area contributed by atoms with Gasteiger partial charge in [-0.2, -0.15) is 0 Å². The average molecular weight is 234 g/mol. The molecule has 0 radical (unpaired) electrons. The quantitative estimate of drug-likeness (QED) is 0.458. The maximum absolute atomic E-state index is 12.3. The van der Waals surface area contributed by atoms with E-state index in [1.807, 2.05) is 0 Å². The van der Waals surface area contributed by atoms with E-state index in [1.54, 1.807) is 0 Å². The van der Waals surface area contributed by atoms with Gasteiger partial charge in [0.25, 0.3) is 5.91 Å². The molecule has 3 amide bonds. The predicted octanol–water partition coefficient (Wildman–Crippen LogP) is 1.65. The minimum atomic E-state index is -0.592. The zero-order chi connectivity index (χ0) is 12.3. The van der Waals surface area contributed by atoms with Crippen LogP contribution in [0.3, 0.4) is 0 Å². The third-order valence-electron chi connectivity index (χ3n) is 3.66. The van der Waals surface area contributed by atoms with Crippen LogP contribution in [-0.4, -0.2) is 28.9 Å². The molecule has 1 aliphatic carbocycles. The Balaban J connectivity index is 2.03. The summed E-state index contributed by atoms with van der Waals surface area (Å²) in [5.41, 5.74) is -0.592. The monoisotopic (exact) mass is 234 g/mol. The topological polar surface area (TPSA) is 49.4 Å². The number of carbonyl (C=O) groups is 2. The van der Waals surface area contributed by atoms with Crippen LogP contribution in [0.5, 0.6) is 0 Å². The lowest BCUT2D eigenvalue weighted by Crippen LogP contribution is -2.48. The number of urea groups is 1. The van der Waals surface area contributed by atoms with E-state index >= 15 is 0 Å². The number of terminal acetylenes is 1. The highest BCUT2D eigenvalue weighted by atomic mass is 16.2. The number of rotatable bonds is 3. The van der Waals surface area contributed by atoms with E-state index in [0.717, 1.165) is 32.1 Å². The largest absolute Gasteiger partial charge is 0.325 e. The molecule has 0 aromatic heterocycles. The van der Waals surface area contributed by atoms with Gasteiger partial charge in [-0.15, -0.1) is 12.3 Å². The fourth-order valence-corrected chi connectivity index (χ4v) is 2.71. The average Bonchev–Trinajstić information content (AvgIpc) is 2.55. The Bertz CT molecular complexity index is 364. The minimum Gasteiger partial charge on any atom is -0.323 e. The predicted molar refractivity (Wildman–Crippen MR) is 64.1 cm³/mol. The zero-order valence-corrected chi connectivity index (χ0v) is 10.00. The second-order valence-corrected chi connectivity index (χ2v) is 4.84. The summed E-state index contributed by atoms with van der Waals surface area (Å²) < 4.78 is 0. The number of imide groups is 1. The smallest absolute Gasteiger partial charge is 0.323 e. The Kier molecular flexibility index (Phi) is 3.37. The number of carbonyl (C=O) groups excluding carboxylic acids is 2. The highest BCUT2D eigenvalue weighted by Gasteiger charge is 2.50. The van der Waals surface area contributed by atoms with Crippen molar-refractivity contribution in [3.8, 4) is 12.3 Å². The summed E-state index contributed by atoms with van der Waals surface area (Å²) in [6.07, 6.45) is 11.2. The van der Waals surface area contributed by atoms with Crippen molar-refractivity contribution in [3.05, 3.63) is 0 Å². The van der Waals surface area contributed by atoms with Crippen molar-refractivity contribution < 1.29 is 9.59 Å². The van der Waals surface area contributed by atoms with Crippen molar-refractivity contribution in [3.63, 3.8) is 0 Å². The van der Waals surface area contributed by atoms with E-state index in [9.17, 15) is 9.59 Å². The van der Waals surface area contributed by atoms with E-state index in [-0.39, 0.29) is 11.9 Å². The number of nitrogens with zero attached hydrogens (tertiary/aromatic N) is 1. The number of nitrogens with one attached hydrogen (secondary N) is 1. The van der Waals surface area contributed by atoms with E-state index < -0.39 is 5.54 Å². The Morgan fingerprint density at radius 1 is 1.29 bits per heavy atom. The summed E-state index contributed by atoms with van der Waals surface area (Å²) in [5.74, 6) is 2.48. The zero-order valence-electron chi connectivity index (χ0n) is 10.00. The summed E-state index contributed by atoms with van der Waals surface area (Å²) in [4.78, 5) is 25.4. The number of amides is 3. The summed E-state index contributed by atoms with van der Waals surface area (Å²) in [6, 6.07) is -0.242. The molecular formula is C13H18N2O2. The van der Waals surface area contributed by atoms with Gasteiger partial charge in [-0.3, -0.25) is 9.69 Å². The van der Waals surface area contributed by atoms with Crippen molar-refractivity contribution in [2.75, 3.05) is 6.54 Å². The van der Waals surface area contributed by atoms with E-state index in [4.69, 9.17) is 6.42 Å². The third-order valence-corrected chi connectivity index (χ3v) is 3.66. The molecule has 1 N–H and O–H groups in total. The summed E-state index contributed by atoms with van der Waals surface area (Å²) in [7, 11) is 0. The molecule has 1 saturated heterocycles. The van der Waals surface area contributed by atoms with Gasteiger partial charge in [-0.1, -0.05) is 19.3 Å². The molecule has 1 heterocycles. The number of unbranched alkanes of at least 4 members (excludes halogenated alkanes) is 1. The lowest BCUT2D eigenvalue weighted by atomic mass is 9.82. The third kappa shape index (κ3) is 2.14. The normalized spacial score (nSPS) is 22.6. The molecular weight excluding hydrogens is 216 g/mol. The first kappa shape index (κ1) is 12.0. The first-order valence-electron chi connectivity index (χ1n) is 6.27. The number of hydrogen-bond acceptors (Lipinski definition) is 2. The Hall–Kier alpha value is -1.50. The van der Waals surface area contributed by atoms with Crippen LogP contribution in [0.2, 0.25) is 0 Å². The van der Waals surface area contributed by atoms with Crippen molar-refractivity contribution in [2.45, 2.75) is 50.5 Å². The van der Waals surface area contributed by atoms with Gasteiger partial charge in [0.2, 0.25) is 0 Å². The highest BCUT2D eigenvalue weighted by Crippen LogP contribution is 2.33. The van der Waals surface area contributed by atoms with Crippen LogP contribution in [-0.2, 0) is 4.79 Å². The van der Waals surface area contributed by atoms with Crippen LogP contribution in [0, 0.1) is 12.3 Å². The van der Waals surface area contributed by atoms with Gasteiger partial charge in [0.1, 0.15) is 5.54 Å². The molecule has 4 nitrogen and oxygen atoms in total. The molecule has 0 unspecified atom stereocenters. The molecule has 1 saturated carbocycles. The Morgan fingerprint density at radius 2 is 2.00 bits per heavy atom. The molecule has 2 rings (SSSR count). The molecule has 17 heavy (non-hydrogen) atoms. The fraction of sp³-hybridized carbons (Fsp3) is 0.692. The molecule has 2 fully saturated rings. The van der Waals surface area contributed by atoms with Gasteiger partial charge in [0, 0.05) is 13.0 Å². The lowest BCUT2D eigenvalue weighted by Gasteiger charge is -2.30. The van der Waals surface area contributed by atoms with Crippen LogP contribution in [0.1, 0.15) is 44.9 Å². The highest BCUT2D eigenvalue weighted by molar-refractivity contribution is 6.07. The van der Waals surface area contributed by atoms with Crippen molar-refractivity contribution in [1.82, 2.24) is 10.2 Å². The Morgan fingerprint density at radius 3 is 2.65 bits per heavy atom. The summed E-state index contributed by atoms with van der Waals surface area (Å²) >= 11 is 0. The van der Waals surface area contributed by atoms with Crippen molar-refractivity contribution in [2.24, 2.45) is 0 Å². The van der Waals surface area contributed by atoms with Gasteiger partial charge < -0.3 is 5.32 Å². The van der Waals surface area contributed by atoms with Gasteiger partial charge in [0.05, 0.1) is 0 Å². The van der Waals surface area contributed by atoms with E-state index in [2.05, 4.69) is 11.2 Å². The maximum atomic E-state index is 12.3. The van der Waals surface area contributed by atoms with Crippen molar-refractivity contribution in [1.29, 1.82) is 0 Å². The van der Waals surface area contributed by atoms with Gasteiger partial charge in [0.15, 0.2) is 0 Å². The molecule has 2 aliphatic rings. The van der Waals surface area contributed by atoms with Gasteiger partial charge in [-0.25, -0.2) is 4.79 Å². The number of hydrogen-bond donors (Lipinski definition) is 1. The minimum absolute atomic E-state index is 0.0424. The van der Waals surface area contributed by atoms with E-state index in [1.165, 1.54) is 4.90 Å². The first-order valence-corrected chi connectivity index (χ1v) is 6.27. The Labute approximate surface area is 102 Å². The van der Waals surface area contributed by atoms with Crippen LogP contribution in [0.4, 0.5) is 4.79 Å². The van der Waals surface area contributed by atoms with Crippen LogP contribution >= 0.6 is 0 Å². The van der Waals surface area contributed by atoms with Gasteiger partial charge in [-0.05, 0) is 19.3 Å². The van der Waals surface area contributed by atoms with Gasteiger partial charge >= 0.3 is 6.03 Å². The molecule has 1 aliphatic heterocycles. The maximum Gasteiger partial charge on any atom is 0.325 e. The molecule has 1 spiro atoms. The SMILES string of the molecule is C#CCCCN1C(=O)NC2(CCCCC2)C1=O. The van der Waals surface area contributed by atoms with Crippen LogP contribution in [0.15, 0.2) is 0 Å². The molecule has 0 aromatic carbocycles. The lowest BCUT2D eigenvalue weighted by molar-refractivity contribution is -0.132. The standard InChI is InChI=1S/C13H18N2O2/c1-2-3-7-10-15-11(16)13(14-12(15)17)8-5-4-6-9-13/h1H,3-10H2,(H,14,17). The summed E-state index contributed by atoms with van der Waals surface area (Å²) in [5, 5.41) is 2.88. The molecule has 92 valence electrons. The second kappa shape index (κ2) is 4.79. The molecule has 0 aromatic rings. The second-order valence-electron chi connectivity index (χ2n) is 4.84. The molecule has 4 heteroatoms. The molecule has 0 atom stereocenters. The van der Waals surface area contributed by atoms with E-state index in [0.29, 0.717) is 19.4 Å². The van der Waals surface area contributed by atoms with Crippen molar-refractivity contribution >= 4 is 11.9 Å². The fourth-order valence-electron chi connectivity index (χ4n) is 2.71. The molecule has 0 bridgehead atoms. The first-order chi connectivity index (χ1) is 8.19. The van der Waals surface area contributed by atoms with Crippen LogP contribution in [0.25, 0.3) is 0 Å². The summed E-state index contributed by atoms with van der Waals surface area (Å²) in [6.45, 7) is 0.441.